The quantitative estimate of drug-likeness (QED) is 0.740. The van der Waals surface area contributed by atoms with E-state index in [1.165, 1.54) is 0 Å². The van der Waals surface area contributed by atoms with E-state index in [2.05, 4.69) is 35.9 Å². The average molecular weight is 281 g/mol. The Kier molecular flexibility index (Phi) is 3.33. The van der Waals surface area contributed by atoms with Crippen LogP contribution in [0.1, 0.15) is 19.9 Å². The van der Waals surface area contributed by atoms with Gasteiger partial charge in [0.15, 0.2) is 5.65 Å². The normalized spacial score (nSPS) is 11.3. The van der Waals surface area contributed by atoms with Gasteiger partial charge < -0.3 is 4.90 Å². The summed E-state index contributed by atoms with van der Waals surface area (Å²) in [7, 11) is 3.88. The van der Waals surface area contributed by atoms with Crippen LogP contribution in [0.5, 0.6) is 0 Å². The maximum Gasteiger partial charge on any atom is 0.226 e. The molecular formula is C16H19N5. The molecule has 3 aromatic rings. The minimum absolute atomic E-state index is 0.245. The molecule has 5 heteroatoms. The van der Waals surface area contributed by atoms with Crippen molar-refractivity contribution in [3.05, 3.63) is 36.5 Å². The first-order valence-electron chi connectivity index (χ1n) is 7.06. The highest BCUT2D eigenvalue weighted by Crippen LogP contribution is 2.28. The largest absolute Gasteiger partial charge is 0.347 e. The maximum absolute atomic E-state index is 4.76. The van der Waals surface area contributed by atoms with E-state index in [1.807, 2.05) is 48.1 Å². The summed E-state index contributed by atoms with van der Waals surface area (Å²) in [4.78, 5) is 11.0. The van der Waals surface area contributed by atoms with Gasteiger partial charge in [-0.1, -0.05) is 30.3 Å². The van der Waals surface area contributed by atoms with Gasteiger partial charge in [-0.15, -0.1) is 0 Å². The van der Waals surface area contributed by atoms with Gasteiger partial charge in [0.05, 0.1) is 5.39 Å². The summed E-state index contributed by atoms with van der Waals surface area (Å²) < 4.78 is 1.96. The zero-order valence-electron chi connectivity index (χ0n) is 12.8. The van der Waals surface area contributed by atoms with E-state index in [0.29, 0.717) is 5.95 Å². The highest BCUT2D eigenvalue weighted by atomic mass is 15.3. The molecule has 0 N–H and O–H groups in total. The van der Waals surface area contributed by atoms with Gasteiger partial charge in [-0.2, -0.15) is 10.1 Å². The molecule has 0 aliphatic rings. The Bertz CT molecular complexity index is 759. The smallest absolute Gasteiger partial charge is 0.226 e. The molecule has 1 aromatic carbocycles. The molecule has 0 bridgehead atoms. The number of hydrogen-bond acceptors (Lipinski definition) is 4. The second-order valence-corrected chi connectivity index (χ2v) is 5.55. The zero-order valence-corrected chi connectivity index (χ0v) is 12.8. The Labute approximate surface area is 124 Å². The molecule has 0 aliphatic carbocycles. The molecule has 0 atom stereocenters. The van der Waals surface area contributed by atoms with Gasteiger partial charge in [-0.3, -0.25) is 0 Å². The summed E-state index contributed by atoms with van der Waals surface area (Å²) in [5, 5.41) is 5.74. The molecule has 3 rings (SSSR count). The molecule has 0 spiro atoms. The Morgan fingerprint density at radius 2 is 1.81 bits per heavy atom. The van der Waals surface area contributed by atoms with Crippen molar-refractivity contribution in [1.82, 2.24) is 19.7 Å². The van der Waals surface area contributed by atoms with Gasteiger partial charge in [-0.25, -0.2) is 9.67 Å². The van der Waals surface area contributed by atoms with Crippen molar-refractivity contribution >= 4 is 17.0 Å². The van der Waals surface area contributed by atoms with Gasteiger partial charge >= 0.3 is 0 Å². The number of nitrogens with zero attached hydrogens (tertiary/aromatic N) is 5. The third kappa shape index (κ3) is 2.35. The van der Waals surface area contributed by atoms with Crippen LogP contribution >= 0.6 is 0 Å². The number of aromatic nitrogens is 4. The van der Waals surface area contributed by atoms with E-state index in [0.717, 1.165) is 22.3 Å². The Hall–Kier alpha value is -2.43. The van der Waals surface area contributed by atoms with Crippen LogP contribution < -0.4 is 4.90 Å². The number of anilines is 1. The molecule has 108 valence electrons. The van der Waals surface area contributed by atoms with Gasteiger partial charge in [0.25, 0.3) is 0 Å². The third-order valence-corrected chi connectivity index (χ3v) is 3.37. The highest BCUT2D eigenvalue weighted by Gasteiger charge is 2.16. The van der Waals surface area contributed by atoms with Crippen molar-refractivity contribution < 1.29 is 0 Å². The van der Waals surface area contributed by atoms with Crippen molar-refractivity contribution in [3.63, 3.8) is 0 Å². The second-order valence-electron chi connectivity index (χ2n) is 5.55. The van der Waals surface area contributed by atoms with Gasteiger partial charge in [0, 0.05) is 31.9 Å². The maximum atomic E-state index is 4.76. The Morgan fingerprint density at radius 3 is 2.43 bits per heavy atom. The Morgan fingerprint density at radius 1 is 1.10 bits per heavy atom. The van der Waals surface area contributed by atoms with Crippen molar-refractivity contribution in [2.45, 2.75) is 19.9 Å². The van der Waals surface area contributed by atoms with Crippen LogP contribution in [0.3, 0.4) is 0 Å². The van der Waals surface area contributed by atoms with Crippen LogP contribution in [0.15, 0.2) is 36.5 Å². The van der Waals surface area contributed by atoms with E-state index in [4.69, 9.17) is 5.10 Å². The molecule has 0 fully saturated rings. The number of rotatable bonds is 3. The van der Waals surface area contributed by atoms with E-state index < -0.39 is 0 Å². The summed E-state index contributed by atoms with van der Waals surface area (Å²) in [5.74, 6) is 0.698. The number of hydrogen-bond donors (Lipinski definition) is 0. The standard InChI is InChI=1S/C16H19N5/c1-11(2)21-15-13(10-17-16(18-15)20(3)4)14(19-21)12-8-6-5-7-9-12/h5-11H,1-4H3. The molecule has 0 aliphatic heterocycles. The van der Waals surface area contributed by atoms with Gasteiger partial charge in [0.2, 0.25) is 5.95 Å². The summed E-state index contributed by atoms with van der Waals surface area (Å²) in [6, 6.07) is 10.4. The van der Waals surface area contributed by atoms with Crippen molar-refractivity contribution in [2.75, 3.05) is 19.0 Å². The molecule has 5 nitrogen and oxygen atoms in total. The number of fused-ring (bicyclic) bond motifs is 1. The van der Waals surface area contributed by atoms with Crippen LogP contribution in [0, 0.1) is 0 Å². The molecule has 0 amide bonds. The summed E-state index contributed by atoms with van der Waals surface area (Å²) >= 11 is 0. The third-order valence-electron chi connectivity index (χ3n) is 3.37. The van der Waals surface area contributed by atoms with Crippen molar-refractivity contribution in [3.8, 4) is 11.3 Å². The van der Waals surface area contributed by atoms with Crippen LogP contribution in [-0.4, -0.2) is 33.8 Å². The fourth-order valence-electron chi connectivity index (χ4n) is 2.30. The predicted molar refractivity (Wildman–Crippen MR) is 85.5 cm³/mol. The molecule has 0 saturated carbocycles. The van der Waals surface area contributed by atoms with Gasteiger partial charge in [0.1, 0.15) is 5.69 Å². The van der Waals surface area contributed by atoms with E-state index in [-0.39, 0.29) is 6.04 Å². The fourth-order valence-corrected chi connectivity index (χ4v) is 2.30. The first-order chi connectivity index (χ1) is 10.1. The second kappa shape index (κ2) is 5.16. The number of benzene rings is 1. The van der Waals surface area contributed by atoms with E-state index in [9.17, 15) is 0 Å². The molecule has 2 heterocycles. The lowest BCUT2D eigenvalue weighted by Gasteiger charge is -2.11. The Balaban J connectivity index is 2.28. The summed E-state index contributed by atoms with van der Waals surface area (Å²) in [6.45, 7) is 4.22. The molecule has 2 aromatic heterocycles. The molecule has 0 saturated heterocycles. The minimum atomic E-state index is 0.245. The molecular weight excluding hydrogens is 262 g/mol. The molecule has 0 unspecified atom stereocenters. The van der Waals surface area contributed by atoms with Crippen LogP contribution in [-0.2, 0) is 0 Å². The van der Waals surface area contributed by atoms with Crippen molar-refractivity contribution in [2.24, 2.45) is 0 Å². The zero-order chi connectivity index (χ0) is 15.0. The monoisotopic (exact) mass is 281 g/mol. The van der Waals surface area contributed by atoms with Crippen molar-refractivity contribution in [1.29, 1.82) is 0 Å². The summed E-state index contributed by atoms with van der Waals surface area (Å²) in [5.41, 5.74) is 2.90. The lowest BCUT2D eigenvalue weighted by molar-refractivity contribution is 0.548. The highest BCUT2D eigenvalue weighted by molar-refractivity contribution is 5.91. The lowest BCUT2D eigenvalue weighted by Crippen LogP contribution is -2.13. The van der Waals surface area contributed by atoms with Crippen LogP contribution in [0.4, 0.5) is 5.95 Å². The summed E-state index contributed by atoms with van der Waals surface area (Å²) in [6.07, 6.45) is 1.87. The molecule has 21 heavy (non-hydrogen) atoms. The fraction of sp³-hybridized carbons (Fsp3) is 0.312. The van der Waals surface area contributed by atoms with Crippen LogP contribution in [0.25, 0.3) is 22.3 Å². The average Bonchev–Trinajstić information content (AvgIpc) is 2.87. The first-order valence-corrected chi connectivity index (χ1v) is 7.06. The van der Waals surface area contributed by atoms with E-state index in [1.54, 1.807) is 0 Å². The van der Waals surface area contributed by atoms with Gasteiger partial charge in [-0.05, 0) is 13.8 Å². The van der Waals surface area contributed by atoms with E-state index >= 15 is 0 Å². The topological polar surface area (TPSA) is 46.8 Å². The lowest BCUT2D eigenvalue weighted by atomic mass is 10.1. The minimum Gasteiger partial charge on any atom is -0.347 e. The SMILES string of the molecule is CC(C)n1nc(-c2ccccc2)c2cnc(N(C)C)nc21. The van der Waals surface area contributed by atoms with Crippen LogP contribution in [0.2, 0.25) is 0 Å². The molecule has 0 radical (unpaired) electrons. The predicted octanol–water partition coefficient (Wildman–Crippen LogP) is 3.14. The first kappa shape index (κ1) is 13.5.